The molecule has 0 heterocycles. The molecule has 0 saturated carbocycles. The topological polar surface area (TPSA) is 52.3 Å². The molecule has 1 atom stereocenters. The number of esters is 1. The van der Waals surface area contributed by atoms with Crippen LogP contribution in [0.3, 0.4) is 0 Å². The van der Waals surface area contributed by atoms with Gasteiger partial charge in [-0.3, -0.25) is 4.79 Å². The van der Waals surface area contributed by atoms with E-state index in [-0.39, 0.29) is 30.8 Å². The molecule has 0 aromatic heterocycles. The highest BCUT2D eigenvalue weighted by Crippen LogP contribution is 2.12. The summed E-state index contributed by atoms with van der Waals surface area (Å²) in [4.78, 5) is 10.9. The molecule has 2 N–H and O–H groups in total. The fourth-order valence-corrected chi connectivity index (χ4v) is 1.35. The van der Waals surface area contributed by atoms with Crippen molar-refractivity contribution < 1.29 is 18.3 Å². The minimum atomic E-state index is -0.580. The number of carbonyl (C=O) groups excluding carboxylic acids is 1. The number of benzene rings is 1. The van der Waals surface area contributed by atoms with E-state index in [0.717, 1.165) is 18.2 Å². The summed E-state index contributed by atoms with van der Waals surface area (Å²) in [5.41, 5.74) is 5.77. The summed E-state index contributed by atoms with van der Waals surface area (Å²) in [5, 5.41) is 0. The molecule has 1 rings (SSSR count). The molecule has 6 heteroatoms. The quantitative estimate of drug-likeness (QED) is 0.845. The fourth-order valence-electron chi connectivity index (χ4n) is 1.35. The summed E-state index contributed by atoms with van der Waals surface area (Å²) >= 11 is 0. The molecule has 0 aliphatic carbocycles. The lowest BCUT2D eigenvalue weighted by Gasteiger charge is -2.10. The Morgan fingerprint density at radius 3 is 2.71 bits per heavy atom. The first-order valence-corrected chi connectivity index (χ1v) is 4.79. The molecule has 0 bridgehead atoms. The van der Waals surface area contributed by atoms with Gasteiger partial charge in [0.1, 0.15) is 11.6 Å². The molecule has 0 unspecified atom stereocenters. The number of hydrogen-bond acceptors (Lipinski definition) is 3. The minimum Gasteiger partial charge on any atom is -0.469 e. The summed E-state index contributed by atoms with van der Waals surface area (Å²) in [5.74, 6) is -1.52. The molecule has 0 fully saturated rings. The average molecular weight is 266 g/mol. The van der Waals surface area contributed by atoms with E-state index >= 15 is 0 Å². The second-order valence-corrected chi connectivity index (χ2v) is 3.48. The summed E-state index contributed by atoms with van der Waals surface area (Å²) in [6, 6.07) is 2.57. The van der Waals surface area contributed by atoms with Crippen LogP contribution in [0.2, 0.25) is 0 Å². The van der Waals surface area contributed by atoms with E-state index in [4.69, 9.17) is 5.73 Å². The Balaban J connectivity index is 0.00000256. The van der Waals surface area contributed by atoms with Gasteiger partial charge in [-0.2, -0.15) is 0 Å². The molecule has 0 aliphatic heterocycles. The van der Waals surface area contributed by atoms with Gasteiger partial charge >= 0.3 is 5.97 Å². The first-order valence-electron chi connectivity index (χ1n) is 4.79. The van der Waals surface area contributed by atoms with Crippen molar-refractivity contribution in [2.45, 2.75) is 18.9 Å². The van der Waals surface area contributed by atoms with Gasteiger partial charge in [0.25, 0.3) is 0 Å². The van der Waals surface area contributed by atoms with Crippen LogP contribution in [0.4, 0.5) is 8.78 Å². The van der Waals surface area contributed by atoms with Crippen molar-refractivity contribution >= 4 is 18.4 Å². The first kappa shape index (κ1) is 15.8. The van der Waals surface area contributed by atoms with Crippen molar-refractivity contribution in [3.8, 4) is 0 Å². The van der Waals surface area contributed by atoms with E-state index in [9.17, 15) is 13.6 Å². The monoisotopic (exact) mass is 265 g/mol. The normalized spacial score (nSPS) is 11.5. The Morgan fingerprint density at radius 2 is 2.12 bits per heavy atom. The van der Waals surface area contributed by atoms with Gasteiger partial charge in [0, 0.05) is 6.04 Å². The molecule has 0 amide bonds. The Hall–Kier alpha value is -1.20. The zero-order valence-electron chi connectivity index (χ0n) is 9.28. The number of ether oxygens (including phenoxy) is 1. The molecular weight excluding hydrogens is 252 g/mol. The predicted molar refractivity (Wildman–Crippen MR) is 61.9 cm³/mol. The summed E-state index contributed by atoms with van der Waals surface area (Å²) < 4.78 is 30.5. The third-order valence-corrected chi connectivity index (χ3v) is 2.15. The van der Waals surface area contributed by atoms with Gasteiger partial charge in [-0.25, -0.2) is 8.78 Å². The maximum absolute atomic E-state index is 13.2. The first-order chi connectivity index (χ1) is 7.52. The zero-order chi connectivity index (χ0) is 12.1. The number of methoxy groups -OCH3 is 1. The van der Waals surface area contributed by atoms with E-state index < -0.39 is 23.6 Å². The highest BCUT2D eigenvalue weighted by atomic mass is 35.5. The Kier molecular flexibility index (Phi) is 6.68. The molecule has 0 radical (unpaired) electrons. The highest BCUT2D eigenvalue weighted by Gasteiger charge is 2.13. The van der Waals surface area contributed by atoms with Crippen molar-refractivity contribution in [2.24, 2.45) is 5.73 Å². The molecule has 0 saturated heterocycles. The molecule has 3 nitrogen and oxygen atoms in total. The smallest absolute Gasteiger partial charge is 0.307 e. The standard InChI is InChI=1S/C11H13F2NO2.ClH/c1-16-11(15)6-9(14)5-7-4-8(12)2-3-10(7)13;/h2-4,9H,5-6,14H2,1H3;1H/t9-;/m1./s1. The van der Waals surface area contributed by atoms with Gasteiger partial charge in [0.15, 0.2) is 0 Å². The van der Waals surface area contributed by atoms with E-state index in [1.165, 1.54) is 7.11 Å². The van der Waals surface area contributed by atoms with Crippen LogP contribution < -0.4 is 5.73 Å². The van der Waals surface area contributed by atoms with Crippen LogP contribution in [-0.2, 0) is 16.0 Å². The van der Waals surface area contributed by atoms with E-state index in [2.05, 4.69) is 4.74 Å². The van der Waals surface area contributed by atoms with Crippen molar-refractivity contribution in [3.63, 3.8) is 0 Å². The van der Waals surface area contributed by atoms with Crippen LogP contribution in [0.5, 0.6) is 0 Å². The molecule has 96 valence electrons. The molecule has 0 spiro atoms. The number of carbonyl (C=O) groups is 1. The van der Waals surface area contributed by atoms with E-state index in [0.29, 0.717) is 0 Å². The van der Waals surface area contributed by atoms with Crippen LogP contribution in [-0.4, -0.2) is 19.1 Å². The van der Waals surface area contributed by atoms with Crippen molar-refractivity contribution in [1.29, 1.82) is 0 Å². The predicted octanol–water partition coefficient (Wildman–Crippen LogP) is 1.82. The van der Waals surface area contributed by atoms with Crippen LogP contribution in [0, 0.1) is 11.6 Å². The van der Waals surface area contributed by atoms with E-state index in [1.54, 1.807) is 0 Å². The SMILES string of the molecule is COC(=O)C[C@H](N)Cc1cc(F)ccc1F.Cl. The largest absolute Gasteiger partial charge is 0.469 e. The van der Waals surface area contributed by atoms with Crippen LogP contribution in [0.1, 0.15) is 12.0 Å². The summed E-state index contributed by atoms with van der Waals surface area (Å²) in [6.45, 7) is 0. The summed E-state index contributed by atoms with van der Waals surface area (Å²) in [7, 11) is 1.25. The Morgan fingerprint density at radius 1 is 1.47 bits per heavy atom. The number of halogens is 3. The van der Waals surface area contributed by atoms with Crippen molar-refractivity contribution in [3.05, 3.63) is 35.4 Å². The molecule has 0 aliphatic rings. The minimum absolute atomic E-state index is 0. The number of rotatable bonds is 4. The van der Waals surface area contributed by atoms with Crippen molar-refractivity contribution in [2.75, 3.05) is 7.11 Å². The maximum atomic E-state index is 13.2. The molecular formula is C11H14ClF2NO2. The van der Waals surface area contributed by atoms with Gasteiger partial charge in [-0.05, 0) is 30.2 Å². The van der Waals surface area contributed by atoms with Gasteiger partial charge in [-0.1, -0.05) is 0 Å². The second-order valence-electron chi connectivity index (χ2n) is 3.48. The average Bonchev–Trinajstić information content (AvgIpc) is 2.23. The van der Waals surface area contributed by atoms with Gasteiger partial charge in [0.05, 0.1) is 13.5 Å². The zero-order valence-corrected chi connectivity index (χ0v) is 10.1. The van der Waals surface area contributed by atoms with Crippen LogP contribution in [0.25, 0.3) is 0 Å². The third kappa shape index (κ3) is 5.10. The van der Waals surface area contributed by atoms with Gasteiger partial charge in [-0.15, -0.1) is 12.4 Å². The van der Waals surface area contributed by atoms with E-state index in [1.807, 2.05) is 0 Å². The number of nitrogens with two attached hydrogens (primary N) is 1. The molecule has 1 aromatic carbocycles. The van der Waals surface area contributed by atoms with Crippen molar-refractivity contribution in [1.82, 2.24) is 0 Å². The lowest BCUT2D eigenvalue weighted by molar-refractivity contribution is -0.140. The molecule has 1 aromatic rings. The summed E-state index contributed by atoms with van der Waals surface area (Å²) in [6.07, 6.45) is 0.0746. The highest BCUT2D eigenvalue weighted by molar-refractivity contribution is 5.85. The maximum Gasteiger partial charge on any atom is 0.307 e. The van der Waals surface area contributed by atoms with Crippen LogP contribution >= 0.6 is 12.4 Å². The lowest BCUT2D eigenvalue weighted by Crippen LogP contribution is -2.27. The molecule has 17 heavy (non-hydrogen) atoms. The van der Waals surface area contributed by atoms with Gasteiger partial charge < -0.3 is 10.5 Å². The third-order valence-electron chi connectivity index (χ3n) is 2.15. The Labute approximate surface area is 104 Å². The number of hydrogen-bond donors (Lipinski definition) is 1. The Bertz CT molecular complexity index is 388. The second kappa shape index (κ2) is 7.19. The van der Waals surface area contributed by atoms with Crippen LogP contribution in [0.15, 0.2) is 18.2 Å². The lowest BCUT2D eigenvalue weighted by atomic mass is 10.0. The van der Waals surface area contributed by atoms with Gasteiger partial charge in [0.2, 0.25) is 0 Å². The fraction of sp³-hybridized carbons (Fsp3) is 0.364.